The molecule has 1 aliphatic carbocycles. The minimum atomic E-state index is -4.32. The van der Waals surface area contributed by atoms with Gasteiger partial charge in [-0.1, -0.05) is 13.3 Å². The van der Waals surface area contributed by atoms with E-state index >= 15 is 0 Å². The average Bonchev–Trinajstić information content (AvgIpc) is 2.46. The Labute approximate surface area is 127 Å². The van der Waals surface area contributed by atoms with E-state index in [2.05, 4.69) is 17.2 Å². The summed E-state index contributed by atoms with van der Waals surface area (Å²) in [6, 6.07) is 3.00. The first-order valence-electron chi connectivity index (χ1n) is 7.31. The summed E-state index contributed by atoms with van der Waals surface area (Å²) in [5, 5.41) is 4.37. The molecule has 1 N–H and O–H groups in total. The van der Waals surface area contributed by atoms with Gasteiger partial charge in [0.2, 0.25) is 0 Å². The Balaban J connectivity index is 2.05. The summed E-state index contributed by atoms with van der Waals surface area (Å²) >= 11 is 1.59. The van der Waals surface area contributed by atoms with E-state index in [0.29, 0.717) is 22.2 Å². The van der Waals surface area contributed by atoms with Crippen molar-refractivity contribution in [1.29, 1.82) is 0 Å². The van der Waals surface area contributed by atoms with Crippen LogP contribution in [0, 0.1) is 5.92 Å². The number of nitrogens with zero attached hydrogens (tertiary/aromatic N) is 1. The van der Waals surface area contributed by atoms with Crippen molar-refractivity contribution in [2.45, 2.75) is 55.1 Å². The number of rotatable bonds is 4. The van der Waals surface area contributed by atoms with Crippen molar-refractivity contribution in [3.63, 3.8) is 0 Å². The zero-order valence-corrected chi connectivity index (χ0v) is 13.1. The number of thioether (sulfide) groups is 1. The molecule has 0 amide bonds. The Kier molecular flexibility index (Phi) is 5.54. The Morgan fingerprint density at radius 2 is 2.10 bits per heavy atom. The summed E-state index contributed by atoms with van der Waals surface area (Å²) in [5.41, 5.74) is -0.688. The fourth-order valence-electron chi connectivity index (χ4n) is 2.82. The number of aromatic nitrogens is 1. The zero-order valence-electron chi connectivity index (χ0n) is 12.3. The Hall–Kier alpha value is -0.750. The second-order valence-corrected chi connectivity index (χ2v) is 6.78. The third kappa shape index (κ3) is 4.36. The fourth-order valence-corrected chi connectivity index (χ4v) is 4.19. The first-order valence-corrected chi connectivity index (χ1v) is 8.19. The maximum Gasteiger partial charge on any atom is 0.417 e. The molecule has 3 atom stereocenters. The molecule has 0 bridgehead atoms. The van der Waals surface area contributed by atoms with Gasteiger partial charge in [-0.15, -0.1) is 11.8 Å². The third-order valence-electron chi connectivity index (χ3n) is 4.18. The van der Waals surface area contributed by atoms with Crippen molar-refractivity contribution < 1.29 is 13.2 Å². The second kappa shape index (κ2) is 7.01. The van der Waals surface area contributed by atoms with Gasteiger partial charge in [-0.2, -0.15) is 13.2 Å². The lowest BCUT2D eigenvalue weighted by atomic mass is 9.84. The van der Waals surface area contributed by atoms with E-state index in [1.807, 2.05) is 7.05 Å². The van der Waals surface area contributed by atoms with E-state index in [-0.39, 0.29) is 0 Å². The summed E-state index contributed by atoms with van der Waals surface area (Å²) in [4.78, 5) is 3.97. The largest absolute Gasteiger partial charge is 0.417 e. The first kappa shape index (κ1) is 16.6. The number of hydrogen-bond acceptors (Lipinski definition) is 3. The van der Waals surface area contributed by atoms with Crippen LogP contribution in [0.15, 0.2) is 23.4 Å². The van der Waals surface area contributed by atoms with Gasteiger partial charge in [0.1, 0.15) is 0 Å². The van der Waals surface area contributed by atoms with Crippen LogP contribution in [0.4, 0.5) is 13.2 Å². The number of hydrogen-bond donors (Lipinski definition) is 1. The molecule has 1 heterocycles. The average molecular weight is 318 g/mol. The number of nitrogens with one attached hydrogen (secondary N) is 1. The molecule has 1 aromatic rings. The lowest BCUT2D eigenvalue weighted by Crippen LogP contribution is -2.40. The van der Waals surface area contributed by atoms with Crippen LogP contribution in [-0.4, -0.2) is 23.3 Å². The lowest BCUT2D eigenvalue weighted by Gasteiger charge is -2.35. The summed E-state index contributed by atoms with van der Waals surface area (Å²) in [6.07, 6.45) is 1.20. The van der Waals surface area contributed by atoms with E-state index in [9.17, 15) is 13.2 Å². The van der Waals surface area contributed by atoms with Crippen molar-refractivity contribution in [3.8, 4) is 0 Å². The predicted molar refractivity (Wildman–Crippen MR) is 79.4 cm³/mol. The molecule has 1 aliphatic rings. The van der Waals surface area contributed by atoms with Crippen LogP contribution in [0.3, 0.4) is 0 Å². The van der Waals surface area contributed by atoms with E-state index < -0.39 is 11.7 Å². The highest BCUT2D eigenvalue weighted by atomic mass is 32.2. The molecule has 6 heteroatoms. The number of halogens is 3. The molecule has 0 aromatic carbocycles. The van der Waals surface area contributed by atoms with Gasteiger partial charge in [0, 0.05) is 17.5 Å². The second-order valence-electron chi connectivity index (χ2n) is 5.52. The lowest BCUT2D eigenvalue weighted by molar-refractivity contribution is -0.137. The Morgan fingerprint density at radius 1 is 1.33 bits per heavy atom. The van der Waals surface area contributed by atoms with Crippen LogP contribution in [0.1, 0.15) is 38.2 Å². The maximum atomic E-state index is 12.5. The van der Waals surface area contributed by atoms with E-state index in [1.165, 1.54) is 12.5 Å². The van der Waals surface area contributed by atoms with E-state index in [4.69, 9.17) is 0 Å². The summed E-state index contributed by atoms with van der Waals surface area (Å²) in [6.45, 7) is 2.20. The third-order valence-corrected chi connectivity index (χ3v) is 5.49. The highest BCUT2D eigenvalue weighted by molar-refractivity contribution is 7.99. The van der Waals surface area contributed by atoms with Crippen LogP contribution < -0.4 is 5.32 Å². The zero-order chi connectivity index (χ0) is 15.5. The minimum absolute atomic E-state index is 0.373. The van der Waals surface area contributed by atoms with Gasteiger partial charge in [0.15, 0.2) is 0 Å². The van der Waals surface area contributed by atoms with Crippen molar-refractivity contribution in [3.05, 3.63) is 23.9 Å². The van der Waals surface area contributed by atoms with Gasteiger partial charge < -0.3 is 5.32 Å². The molecule has 118 valence electrons. The first-order chi connectivity index (χ1) is 9.94. The number of alkyl halides is 3. The van der Waals surface area contributed by atoms with Crippen molar-refractivity contribution in [2.75, 3.05) is 7.05 Å². The molecular formula is C15H21F3N2S. The molecule has 2 nitrogen and oxygen atoms in total. The standard InChI is InChI=1S/C15H21F3N2S/c1-3-10-4-6-12(19-2)13(8-10)21-14-7-5-11(9-20-14)15(16,17)18/h5,7,9-10,12-13,19H,3-4,6,8H2,1-2H3. The monoisotopic (exact) mass is 318 g/mol. The molecule has 0 spiro atoms. The van der Waals surface area contributed by atoms with Crippen molar-refractivity contribution in [1.82, 2.24) is 10.3 Å². The van der Waals surface area contributed by atoms with Crippen LogP contribution >= 0.6 is 11.8 Å². The highest BCUT2D eigenvalue weighted by Crippen LogP contribution is 2.37. The van der Waals surface area contributed by atoms with E-state index in [1.54, 1.807) is 11.8 Å². The molecule has 1 fully saturated rings. The van der Waals surface area contributed by atoms with Gasteiger partial charge in [0.25, 0.3) is 0 Å². The van der Waals surface area contributed by atoms with Gasteiger partial charge in [-0.3, -0.25) is 0 Å². The summed E-state index contributed by atoms with van der Waals surface area (Å²) < 4.78 is 37.6. The molecule has 3 unspecified atom stereocenters. The van der Waals surface area contributed by atoms with Gasteiger partial charge in [-0.05, 0) is 44.4 Å². The topological polar surface area (TPSA) is 24.9 Å². The quantitative estimate of drug-likeness (QED) is 0.893. The normalized spacial score (nSPS) is 26.8. The fraction of sp³-hybridized carbons (Fsp3) is 0.667. The molecule has 0 saturated heterocycles. The highest BCUT2D eigenvalue weighted by Gasteiger charge is 2.32. The van der Waals surface area contributed by atoms with Crippen LogP contribution in [0.2, 0.25) is 0 Å². The smallest absolute Gasteiger partial charge is 0.316 e. The Morgan fingerprint density at radius 3 is 2.62 bits per heavy atom. The van der Waals surface area contributed by atoms with Gasteiger partial charge >= 0.3 is 6.18 Å². The molecule has 0 radical (unpaired) electrons. The van der Waals surface area contributed by atoms with Crippen LogP contribution in [0.5, 0.6) is 0 Å². The van der Waals surface area contributed by atoms with Crippen LogP contribution in [-0.2, 0) is 6.18 Å². The Bertz CT molecular complexity index is 447. The van der Waals surface area contributed by atoms with Gasteiger partial charge in [-0.25, -0.2) is 4.98 Å². The molecule has 1 saturated carbocycles. The van der Waals surface area contributed by atoms with Gasteiger partial charge in [0.05, 0.1) is 10.6 Å². The minimum Gasteiger partial charge on any atom is -0.316 e. The molecule has 1 aromatic heterocycles. The van der Waals surface area contributed by atoms with Crippen molar-refractivity contribution >= 4 is 11.8 Å². The summed E-state index contributed by atoms with van der Waals surface area (Å²) in [7, 11) is 1.95. The molecule has 0 aliphatic heterocycles. The predicted octanol–water partition coefficient (Wildman–Crippen LogP) is 4.36. The van der Waals surface area contributed by atoms with Crippen LogP contribution in [0.25, 0.3) is 0 Å². The molecule has 2 rings (SSSR count). The molecule has 21 heavy (non-hydrogen) atoms. The molecular weight excluding hydrogens is 297 g/mol. The van der Waals surface area contributed by atoms with Crippen molar-refractivity contribution in [2.24, 2.45) is 5.92 Å². The SMILES string of the molecule is CCC1CCC(NC)C(Sc2ccc(C(F)(F)F)cn2)C1. The number of pyridine rings is 1. The van der Waals surface area contributed by atoms with E-state index in [0.717, 1.165) is 31.5 Å². The maximum absolute atomic E-state index is 12.5. The summed E-state index contributed by atoms with van der Waals surface area (Å²) in [5.74, 6) is 0.710.